The number of benzene rings is 1. The van der Waals surface area contributed by atoms with Gasteiger partial charge in [-0.15, -0.1) is 0 Å². The van der Waals surface area contributed by atoms with Crippen molar-refractivity contribution in [3.8, 4) is 0 Å². The zero-order chi connectivity index (χ0) is 12.8. The number of nitro groups is 1. The van der Waals surface area contributed by atoms with Crippen LogP contribution in [0.4, 0.5) is 17.6 Å². The van der Waals surface area contributed by atoms with Gasteiger partial charge in [-0.25, -0.2) is 4.39 Å². The molecule has 1 saturated carbocycles. The minimum atomic E-state index is -4.60. The molecule has 0 aromatic heterocycles. The zero-order valence-electron chi connectivity index (χ0n) is 8.32. The molecular formula is C10H7F4NO2. The van der Waals surface area contributed by atoms with Gasteiger partial charge in [0.05, 0.1) is 5.92 Å². The highest BCUT2D eigenvalue weighted by atomic mass is 19.4. The van der Waals surface area contributed by atoms with E-state index in [1.165, 1.54) is 0 Å². The SMILES string of the molecule is O=[N+]([O-])[C@H]1[C@H](c2ccc(F)cc2)[C@@H]1C(F)(F)F. The first kappa shape index (κ1) is 11.8. The number of alkyl halides is 3. The van der Waals surface area contributed by atoms with Crippen LogP contribution < -0.4 is 0 Å². The lowest BCUT2D eigenvalue weighted by Crippen LogP contribution is -2.17. The largest absolute Gasteiger partial charge is 0.399 e. The summed E-state index contributed by atoms with van der Waals surface area (Å²) >= 11 is 0. The number of hydrogen-bond donors (Lipinski definition) is 0. The Morgan fingerprint density at radius 1 is 1.18 bits per heavy atom. The molecule has 0 saturated heterocycles. The van der Waals surface area contributed by atoms with Gasteiger partial charge in [0.15, 0.2) is 0 Å². The lowest BCUT2D eigenvalue weighted by Gasteiger charge is -2.02. The van der Waals surface area contributed by atoms with Gasteiger partial charge in [-0.3, -0.25) is 10.1 Å². The van der Waals surface area contributed by atoms with E-state index in [4.69, 9.17) is 0 Å². The maximum Gasteiger partial charge on any atom is 0.399 e. The first-order valence-corrected chi connectivity index (χ1v) is 4.78. The molecule has 0 unspecified atom stereocenters. The zero-order valence-corrected chi connectivity index (χ0v) is 8.32. The molecule has 1 aliphatic carbocycles. The third-order valence-electron chi connectivity index (χ3n) is 2.86. The highest BCUT2D eigenvalue weighted by molar-refractivity contribution is 5.30. The molecule has 7 heteroatoms. The lowest BCUT2D eigenvalue weighted by atomic mass is 10.1. The summed E-state index contributed by atoms with van der Waals surface area (Å²) in [5.41, 5.74) is 0.149. The van der Waals surface area contributed by atoms with E-state index in [0.717, 1.165) is 24.3 Å². The summed E-state index contributed by atoms with van der Waals surface area (Å²) in [4.78, 5) is 9.58. The van der Waals surface area contributed by atoms with Crippen LogP contribution in [0, 0.1) is 21.8 Å². The second-order valence-corrected chi connectivity index (χ2v) is 3.92. The Labute approximate surface area is 93.2 Å². The van der Waals surface area contributed by atoms with Gasteiger partial charge in [-0.05, 0) is 17.7 Å². The van der Waals surface area contributed by atoms with Crippen LogP contribution in [0.5, 0.6) is 0 Å². The Balaban J connectivity index is 2.27. The van der Waals surface area contributed by atoms with Crippen LogP contribution in [0.1, 0.15) is 11.5 Å². The molecule has 1 aliphatic rings. The Morgan fingerprint density at radius 2 is 1.71 bits per heavy atom. The summed E-state index contributed by atoms with van der Waals surface area (Å²) < 4.78 is 50.1. The molecule has 3 nitrogen and oxygen atoms in total. The lowest BCUT2D eigenvalue weighted by molar-refractivity contribution is -0.503. The van der Waals surface area contributed by atoms with Crippen molar-refractivity contribution in [2.24, 2.45) is 5.92 Å². The monoisotopic (exact) mass is 249 g/mol. The summed E-state index contributed by atoms with van der Waals surface area (Å²) in [6.07, 6.45) is -4.60. The van der Waals surface area contributed by atoms with Crippen LogP contribution in [0.25, 0.3) is 0 Å². The Kier molecular flexibility index (Phi) is 2.56. The van der Waals surface area contributed by atoms with Crippen LogP contribution in [-0.4, -0.2) is 17.1 Å². The van der Waals surface area contributed by atoms with E-state index >= 15 is 0 Å². The first-order chi connectivity index (χ1) is 7.82. The predicted molar refractivity (Wildman–Crippen MR) is 49.5 cm³/mol. The number of rotatable bonds is 2. The number of hydrogen-bond acceptors (Lipinski definition) is 2. The van der Waals surface area contributed by atoms with E-state index in [0.29, 0.717) is 0 Å². The van der Waals surface area contributed by atoms with Gasteiger partial charge < -0.3 is 0 Å². The van der Waals surface area contributed by atoms with E-state index in [1.54, 1.807) is 0 Å². The van der Waals surface area contributed by atoms with Crippen molar-refractivity contribution >= 4 is 0 Å². The summed E-state index contributed by atoms with van der Waals surface area (Å²) in [5, 5.41) is 10.5. The average Bonchev–Trinajstić information content (AvgIpc) is 2.93. The molecule has 2 rings (SSSR count). The van der Waals surface area contributed by atoms with E-state index in [2.05, 4.69) is 0 Å². The van der Waals surface area contributed by atoms with Gasteiger partial charge in [0.25, 0.3) is 0 Å². The molecule has 0 spiro atoms. The van der Waals surface area contributed by atoms with Gasteiger partial charge in [-0.2, -0.15) is 13.2 Å². The van der Waals surface area contributed by atoms with Crippen molar-refractivity contribution in [1.29, 1.82) is 0 Å². The molecule has 0 N–H and O–H groups in total. The fourth-order valence-electron chi connectivity index (χ4n) is 2.04. The van der Waals surface area contributed by atoms with Gasteiger partial charge in [0.2, 0.25) is 6.04 Å². The molecule has 0 heterocycles. The third kappa shape index (κ3) is 2.09. The number of halogens is 4. The van der Waals surface area contributed by atoms with Crippen LogP contribution in [0.3, 0.4) is 0 Å². The standard InChI is InChI=1S/C10H7F4NO2/c11-6-3-1-5(2-4-6)7-8(10(12,13)14)9(7)15(16)17/h1-4,7-9H/t7-,8+,9+/m1/s1. The molecule has 1 aromatic carbocycles. The summed E-state index contributed by atoms with van der Waals surface area (Å²) in [6, 6.07) is 2.65. The maximum absolute atomic E-state index is 12.6. The van der Waals surface area contributed by atoms with Crippen LogP contribution in [0.15, 0.2) is 24.3 Å². The van der Waals surface area contributed by atoms with E-state index in [9.17, 15) is 27.7 Å². The van der Waals surface area contributed by atoms with Crippen molar-refractivity contribution in [2.75, 3.05) is 0 Å². The van der Waals surface area contributed by atoms with Crippen LogP contribution in [0.2, 0.25) is 0 Å². The van der Waals surface area contributed by atoms with Crippen molar-refractivity contribution < 1.29 is 22.5 Å². The molecule has 1 aromatic rings. The van der Waals surface area contributed by atoms with Crippen molar-refractivity contribution in [1.82, 2.24) is 0 Å². The maximum atomic E-state index is 12.6. The van der Waals surface area contributed by atoms with Gasteiger partial charge in [0, 0.05) is 4.92 Å². The molecule has 0 aliphatic heterocycles. The summed E-state index contributed by atoms with van der Waals surface area (Å²) in [7, 11) is 0. The van der Waals surface area contributed by atoms with Crippen molar-refractivity contribution in [3.05, 3.63) is 45.8 Å². The van der Waals surface area contributed by atoms with E-state index in [1.807, 2.05) is 0 Å². The van der Waals surface area contributed by atoms with Crippen LogP contribution in [-0.2, 0) is 0 Å². The Bertz CT molecular complexity index is 443. The average molecular weight is 249 g/mol. The second-order valence-electron chi connectivity index (χ2n) is 3.92. The quantitative estimate of drug-likeness (QED) is 0.459. The van der Waals surface area contributed by atoms with E-state index in [-0.39, 0.29) is 5.56 Å². The fourth-order valence-corrected chi connectivity index (χ4v) is 2.04. The number of nitrogens with zero attached hydrogens (tertiary/aromatic N) is 1. The molecule has 1 fully saturated rings. The topological polar surface area (TPSA) is 43.1 Å². The second kappa shape index (κ2) is 3.68. The minimum absolute atomic E-state index is 0.149. The smallest absolute Gasteiger partial charge is 0.264 e. The summed E-state index contributed by atoms with van der Waals surface area (Å²) in [5.74, 6) is -3.76. The highest BCUT2D eigenvalue weighted by Gasteiger charge is 2.72. The van der Waals surface area contributed by atoms with E-state index < -0.39 is 34.8 Å². The normalized spacial score (nSPS) is 27.9. The highest BCUT2D eigenvalue weighted by Crippen LogP contribution is 2.57. The van der Waals surface area contributed by atoms with Crippen molar-refractivity contribution in [2.45, 2.75) is 18.1 Å². The van der Waals surface area contributed by atoms with Gasteiger partial charge >= 0.3 is 6.18 Å². The molecule has 3 atom stereocenters. The molecular weight excluding hydrogens is 242 g/mol. The Morgan fingerprint density at radius 3 is 2.06 bits per heavy atom. The Hall–Kier alpha value is -1.66. The third-order valence-corrected chi connectivity index (χ3v) is 2.86. The molecule has 0 bridgehead atoms. The molecule has 17 heavy (non-hydrogen) atoms. The fraction of sp³-hybridized carbons (Fsp3) is 0.400. The first-order valence-electron chi connectivity index (χ1n) is 4.78. The van der Waals surface area contributed by atoms with Gasteiger partial charge in [-0.1, -0.05) is 12.1 Å². The van der Waals surface area contributed by atoms with Crippen molar-refractivity contribution in [3.63, 3.8) is 0 Å². The molecule has 92 valence electrons. The molecule has 0 amide bonds. The van der Waals surface area contributed by atoms with Crippen LogP contribution >= 0.6 is 0 Å². The minimum Gasteiger partial charge on any atom is -0.264 e. The summed E-state index contributed by atoms with van der Waals surface area (Å²) in [6.45, 7) is 0. The van der Waals surface area contributed by atoms with Gasteiger partial charge in [0.1, 0.15) is 11.7 Å². The predicted octanol–water partition coefficient (Wildman–Crippen LogP) is 2.75. The molecule has 0 radical (unpaired) electrons.